The third-order valence-electron chi connectivity index (χ3n) is 3.24. The Morgan fingerprint density at radius 3 is 2.30 bits per heavy atom. The first-order valence-electron chi connectivity index (χ1n) is 7.00. The van der Waals surface area contributed by atoms with Crippen LogP contribution in [0.15, 0.2) is 53.0 Å². The van der Waals surface area contributed by atoms with E-state index in [4.69, 9.17) is 4.65 Å². The molecular formula is C17H20BBrO. The third kappa shape index (κ3) is 3.97. The van der Waals surface area contributed by atoms with Gasteiger partial charge in [-0.1, -0.05) is 71.7 Å². The Hall–Kier alpha value is -1.06. The van der Waals surface area contributed by atoms with Crippen LogP contribution in [0.4, 0.5) is 0 Å². The van der Waals surface area contributed by atoms with Crippen LogP contribution in [0.5, 0.6) is 0 Å². The number of halogens is 1. The molecule has 0 fully saturated rings. The first-order valence-corrected chi connectivity index (χ1v) is 7.80. The molecule has 0 bridgehead atoms. The molecule has 1 nitrogen and oxygen atoms in total. The molecule has 0 N–H and O–H groups in total. The van der Waals surface area contributed by atoms with E-state index in [-0.39, 0.29) is 6.92 Å². The number of hydrogen-bond donors (Lipinski definition) is 0. The number of aryl methyl sites for hydroxylation is 1. The van der Waals surface area contributed by atoms with Gasteiger partial charge in [-0.3, -0.25) is 0 Å². The Balaban J connectivity index is 2.34. The van der Waals surface area contributed by atoms with Crippen molar-refractivity contribution in [1.82, 2.24) is 0 Å². The van der Waals surface area contributed by atoms with Gasteiger partial charge >= 0.3 is 6.92 Å². The van der Waals surface area contributed by atoms with Crippen LogP contribution in [-0.4, -0.2) is 13.5 Å². The van der Waals surface area contributed by atoms with Crippen LogP contribution in [0.2, 0.25) is 0 Å². The summed E-state index contributed by atoms with van der Waals surface area (Å²) in [7, 11) is 0. The van der Waals surface area contributed by atoms with E-state index < -0.39 is 0 Å². The lowest BCUT2D eigenvalue weighted by molar-refractivity contribution is 0.282. The second-order valence-electron chi connectivity index (χ2n) is 5.52. The molecule has 0 unspecified atom stereocenters. The number of hydrogen-bond acceptors (Lipinski definition) is 1. The van der Waals surface area contributed by atoms with Crippen molar-refractivity contribution in [1.29, 1.82) is 0 Å². The van der Waals surface area contributed by atoms with E-state index in [1.165, 1.54) is 16.5 Å². The van der Waals surface area contributed by atoms with Gasteiger partial charge in [0.15, 0.2) is 0 Å². The highest BCUT2D eigenvalue weighted by atomic mass is 79.9. The predicted molar refractivity (Wildman–Crippen MR) is 91.1 cm³/mol. The first kappa shape index (κ1) is 15.3. The van der Waals surface area contributed by atoms with Crippen molar-refractivity contribution < 1.29 is 4.65 Å². The van der Waals surface area contributed by atoms with Crippen LogP contribution in [0, 0.1) is 12.8 Å². The van der Waals surface area contributed by atoms with Crippen LogP contribution in [0.1, 0.15) is 19.4 Å². The zero-order chi connectivity index (χ0) is 14.5. The summed E-state index contributed by atoms with van der Waals surface area (Å²) >= 11 is 3.49. The lowest BCUT2D eigenvalue weighted by atomic mass is 9.54. The summed E-state index contributed by atoms with van der Waals surface area (Å²) < 4.78 is 7.27. The maximum absolute atomic E-state index is 6.18. The Morgan fingerprint density at radius 2 is 1.70 bits per heavy atom. The summed E-state index contributed by atoms with van der Waals surface area (Å²) in [5, 5.41) is 0. The normalized spacial score (nSPS) is 10.8. The Kier molecular flexibility index (Phi) is 5.44. The van der Waals surface area contributed by atoms with Gasteiger partial charge in [0.05, 0.1) is 0 Å². The molecule has 0 amide bonds. The van der Waals surface area contributed by atoms with Crippen molar-refractivity contribution in [3.8, 4) is 0 Å². The van der Waals surface area contributed by atoms with Gasteiger partial charge < -0.3 is 4.65 Å². The summed E-state index contributed by atoms with van der Waals surface area (Å²) in [6.45, 7) is 7.26. The standard InChI is InChI=1S/C17H20BBrO/c1-13(2)12-20-18(15-8-10-16(19)11-9-15)17-7-5-4-6-14(17)3/h4-11,13H,12H2,1-3H3. The molecule has 104 valence electrons. The molecule has 2 rings (SSSR count). The largest absolute Gasteiger partial charge is 0.427 e. The molecule has 2 aromatic carbocycles. The Bertz CT molecular complexity index is 551. The second-order valence-corrected chi connectivity index (χ2v) is 6.43. The third-order valence-corrected chi connectivity index (χ3v) is 3.77. The number of benzene rings is 2. The smallest absolute Gasteiger partial charge is 0.361 e. The molecule has 3 heteroatoms. The monoisotopic (exact) mass is 330 g/mol. The lowest BCUT2D eigenvalue weighted by Gasteiger charge is -2.18. The van der Waals surface area contributed by atoms with Crippen molar-refractivity contribution >= 4 is 33.8 Å². The molecule has 0 saturated carbocycles. The van der Waals surface area contributed by atoms with Crippen molar-refractivity contribution in [2.24, 2.45) is 5.92 Å². The zero-order valence-corrected chi connectivity index (χ0v) is 13.9. The molecule has 0 aliphatic heterocycles. The van der Waals surface area contributed by atoms with Gasteiger partial charge in [0.25, 0.3) is 0 Å². The minimum atomic E-state index is 0.00620. The summed E-state index contributed by atoms with van der Waals surface area (Å²) in [6, 6.07) is 16.8. The molecule has 0 aliphatic rings. The van der Waals surface area contributed by atoms with Crippen LogP contribution in [-0.2, 0) is 4.65 Å². The highest BCUT2D eigenvalue weighted by Crippen LogP contribution is 2.08. The fourth-order valence-corrected chi connectivity index (χ4v) is 2.44. The molecule has 0 saturated heterocycles. The summed E-state index contributed by atoms with van der Waals surface area (Å²) in [6.07, 6.45) is 0. The van der Waals surface area contributed by atoms with E-state index in [9.17, 15) is 0 Å². The highest BCUT2D eigenvalue weighted by Gasteiger charge is 2.23. The van der Waals surface area contributed by atoms with Crippen LogP contribution < -0.4 is 10.9 Å². The average molecular weight is 331 g/mol. The molecule has 2 aromatic rings. The van der Waals surface area contributed by atoms with Crippen LogP contribution in [0.3, 0.4) is 0 Å². The van der Waals surface area contributed by atoms with E-state index in [1.54, 1.807) is 0 Å². The van der Waals surface area contributed by atoms with E-state index in [0.29, 0.717) is 5.92 Å². The van der Waals surface area contributed by atoms with E-state index in [2.05, 4.69) is 85.2 Å². The zero-order valence-electron chi connectivity index (χ0n) is 12.3. The summed E-state index contributed by atoms with van der Waals surface area (Å²) in [4.78, 5) is 0. The Labute approximate surface area is 130 Å². The molecule has 0 heterocycles. The van der Waals surface area contributed by atoms with Gasteiger partial charge in [-0.05, 0) is 35.9 Å². The topological polar surface area (TPSA) is 9.23 Å². The van der Waals surface area contributed by atoms with Gasteiger partial charge in [0.1, 0.15) is 0 Å². The Morgan fingerprint density at radius 1 is 1.05 bits per heavy atom. The number of rotatable bonds is 5. The molecule has 0 radical (unpaired) electrons. The summed E-state index contributed by atoms with van der Waals surface area (Å²) in [5.74, 6) is 0.525. The van der Waals surface area contributed by atoms with E-state index in [1.807, 2.05) is 0 Å². The average Bonchev–Trinajstić information content (AvgIpc) is 2.42. The summed E-state index contributed by atoms with van der Waals surface area (Å²) in [5.41, 5.74) is 3.71. The van der Waals surface area contributed by atoms with Crippen LogP contribution >= 0.6 is 15.9 Å². The van der Waals surface area contributed by atoms with Crippen molar-refractivity contribution in [3.63, 3.8) is 0 Å². The SMILES string of the molecule is Cc1ccccc1B(OCC(C)C)c1ccc(Br)cc1. The molecule has 0 spiro atoms. The van der Waals surface area contributed by atoms with Gasteiger partial charge in [-0.2, -0.15) is 0 Å². The molecule has 0 aliphatic carbocycles. The van der Waals surface area contributed by atoms with Gasteiger partial charge in [0.2, 0.25) is 0 Å². The highest BCUT2D eigenvalue weighted by molar-refractivity contribution is 9.10. The molecule has 0 atom stereocenters. The minimum absolute atomic E-state index is 0.00620. The van der Waals surface area contributed by atoms with Crippen molar-refractivity contribution in [3.05, 3.63) is 58.6 Å². The maximum Gasteiger partial charge on any atom is 0.361 e. The van der Waals surface area contributed by atoms with E-state index in [0.717, 1.165) is 11.1 Å². The quantitative estimate of drug-likeness (QED) is 0.762. The van der Waals surface area contributed by atoms with Crippen LogP contribution in [0.25, 0.3) is 0 Å². The van der Waals surface area contributed by atoms with Gasteiger partial charge in [-0.15, -0.1) is 0 Å². The van der Waals surface area contributed by atoms with Crippen molar-refractivity contribution in [2.45, 2.75) is 20.8 Å². The lowest BCUT2D eigenvalue weighted by Crippen LogP contribution is -2.46. The second kappa shape index (κ2) is 7.10. The first-order chi connectivity index (χ1) is 9.58. The minimum Gasteiger partial charge on any atom is -0.427 e. The fraction of sp³-hybridized carbons (Fsp3) is 0.294. The van der Waals surface area contributed by atoms with Gasteiger partial charge in [0, 0.05) is 11.1 Å². The molecule has 20 heavy (non-hydrogen) atoms. The van der Waals surface area contributed by atoms with Crippen molar-refractivity contribution in [2.75, 3.05) is 6.61 Å². The maximum atomic E-state index is 6.18. The predicted octanol–water partition coefficient (Wildman–Crippen LogP) is 3.54. The van der Waals surface area contributed by atoms with Gasteiger partial charge in [-0.25, -0.2) is 0 Å². The fourth-order valence-electron chi connectivity index (χ4n) is 2.17. The molecule has 0 aromatic heterocycles. The molecular weight excluding hydrogens is 311 g/mol. The van der Waals surface area contributed by atoms with E-state index >= 15 is 0 Å².